The Morgan fingerprint density at radius 2 is 2.00 bits per heavy atom. The number of rotatable bonds is 5. The maximum atomic E-state index is 12.0. The lowest BCUT2D eigenvalue weighted by Gasteiger charge is -2.15. The summed E-state index contributed by atoms with van der Waals surface area (Å²) in [6.45, 7) is -0.214. The van der Waals surface area contributed by atoms with E-state index in [4.69, 9.17) is 4.74 Å². The van der Waals surface area contributed by atoms with Gasteiger partial charge >= 0.3 is 11.7 Å². The number of hydrogen-bond donors (Lipinski definition) is 0. The zero-order chi connectivity index (χ0) is 15.3. The first kappa shape index (κ1) is 15.4. The summed E-state index contributed by atoms with van der Waals surface area (Å²) in [5.41, 5.74) is -0.0569. The van der Waals surface area contributed by atoms with Crippen molar-refractivity contribution in [1.82, 2.24) is 4.90 Å². The van der Waals surface area contributed by atoms with Crippen molar-refractivity contribution in [3.8, 4) is 5.75 Å². The van der Waals surface area contributed by atoms with Gasteiger partial charge in [-0.25, -0.2) is 0 Å². The number of benzene rings is 1. The molecule has 0 aliphatic carbocycles. The van der Waals surface area contributed by atoms with E-state index >= 15 is 0 Å². The number of carbonyl (C=O) groups excluding carboxylic acids is 2. The third kappa shape index (κ3) is 3.44. The van der Waals surface area contributed by atoms with Crippen LogP contribution in [0, 0.1) is 10.1 Å². The second-order valence-corrected chi connectivity index (χ2v) is 3.88. The number of hydrogen-bond acceptors (Lipinski definition) is 6. The van der Waals surface area contributed by atoms with Crippen LogP contribution < -0.4 is 4.74 Å². The van der Waals surface area contributed by atoms with Gasteiger partial charge in [-0.2, -0.15) is 0 Å². The molecule has 108 valence electrons. The Balaban J connectivity index is 2.99. The molecule has 0 atom stereocenters. The molecule has 0 fully saturated rings. The summed E-state index contributed by atoms with van der Waals surface area (Å²) >= 11 is 0. The van der Waals surface area contributed by atoms with Gasteiger partial charge < -0.3 is 14.4 Å². The molecule has 0 heterocycles. The zero-order valence-corrected chi connectivity index (χ0v) is 11.3. The predicted molar refractivity (Wildman–Crippen MR) is 68.6 cm³/mol. The molecule has 1 amide bonds. The minimum atomic E-state index is -0.606. The van der Waals surface area contributed by atoms with Crippen LogP contribution in [0.5, 0.6) is 5.75 Å². The minimum Gasteiger partial charge on any atom is -0.490 e. The van der Waals surface area contributed by atoms with Crippen LogP contribution in [0.15, 0.2) is 18.2 Å². The highest BCUT2D eigenvalue weighted by Crippen LogP contribution is 2.27. The monoisotopic (exact) mass is 282 g/mol. The topological polar surface area (TPSA) is 99.0 Å². The molecule has 0 aromatic heterocycles. The lowest BCUT2D eigenvalue weighted by atomic mass is 10.1. The van der Waals surface area contributed by atoms with Gasteiger partial charge in [-0.3, -0.25) is 19.7 Å². The van der Waals surface area contributed by atoms with Crippen LogP contribution in [0.4, 0.5) is 5.69 Å². The van der Waals surface area contributed by atoms with E-state index in [-0.39, 0.29) is 23.5 Å². The quantitative estimate of drug-likeness (QED) is 0.451. The maximum Gasteiger partial charge on any atom is 0.325 e. The number of methoxy groups -OCH3 is 2. The lowest BCUT2D eigenvalue weighted by Crippen LogP contribution is -2.32. The minimum absolute atomic E-state index is 0.0210. The zero-order valence-electron chi connectivity index (χ0n) is 11.3. The van der Waals surface area contributed by atoms with Gasteiger partial charge in [0.15, 0.2) is 5.75 Å². The van der Waals surface area contributed by atoms with Crippen LogP contribution in [0.3, 0.4) is 0 Å². The van der Waals surface area contributed by atoms with E-state index in [2.05, 4.69) is 4.74 Å². The van der Waals surface area contributed by atoms with E-state index in [1.165, 1.54) is 39.5 Å². The van der Waals surface area contributed by atoms with Crippen LogP contribution in [-0.2, 0) is 9.53 Å². The first-order chi connectivity index (χ1) is 9.40. The molecule has 1 aromatic rings. The number of carbonyl (C=O) groups is 2. The van der Waals surface area contributed by atoms with Crippen molar-refractivity contribution in [2.24, 2.45) is 0 Å². The summed E-state index contributed by atoms with van der Waals surface area (Å²) in [6.07, 6.45) is 0. The molecule has 0 unspecified atom stereocenters. The molecule has 0 radical (unpaired) electrons. The molecule has 8 heteroatoms. The van der Waals surface area contributed by atoms with Gasteiger partial charge in [0.2, 0.25) is 0 Å². The van der Waals surface area contributed by atoms with Gasteiger partial charge in [0.05, 0.1) is 19.1 Å². The molecule has 0 saturated heterocycles. The molecule has 0 aliphatic rings. The summed E-state index contributed by atoms with van der Waals surface area (Å²) < 4.78 is 9.33. The van der Waals surface area contributed by atoms with Crippen LogP contribution in [0.2, 0.25) is 0 Å². The van der Waals surface area contributed by atoms with Crippen molar-refractivity contribution < 1.29 is 24.0 Å². The first-order valence-corrected chi connectivity index (χ1v) is 5.55. The third-order valence-electron chi connectivity index (χ3n) is 2.56. The van der Waals surface area contributed by atoms with Crippen LogP contribution in [-0.4, -0.2) is 49.5 Å². The van der Waals surface area contributed by atoms with Crippen LogP contribution in [0.25, 0.3) is 0 Å². The molecular weight excluding hydrogens is 268 g/mol. The van der Waals surface area contributed by atoms with Crippen molar-refractivity contribution >= 4 is 17.6 Å². The summed E-state index contributed by atoms with van der Waals surface area (Å²) in [5, 5.41) is 10.7. The molecule has 0 saturated carbocycles. The molecule has 0 N–H and O–H groups in total. The maximum absolute atomic E-state index is 12.0. The number of esters is 1. The second kappa shape index (κ2) is 6.50. The van der Waals surface area contributed by atoms with E-state index < -0.39 is 16.8 Å². The molecule has 0 aliphatic heterocycles. The summed E-state index contributed by atoms with van der Waals surface area (Å²) in [6, 6.07) is 3.74. The van der Waals surface area contributed by atoms with E-state index in [1.807, 2.05) is 0 Å². The van der Waals surface area contributed by atoms with Gasteiger partial charge in [-0.1, -0.05) is 0 Å². The number of nitro benzene ring substituents is 1. The summed E-state index contributed by atoms with van der Waals surface area (Å²) in [7, 11) is 3.91. The van der Waals surface area contributed by atoms with Crippen molar-refractivity contribution in [1.29, 1.82) is 0 Å². The molecular formula is C12H14N2O6. The van der Waals surface area contributed by atoms with Crippen LogP contribution >= 0.6 is 0 Å². The molecule has 1 aromatic carbocycles. The molecule has 20 heavy (non-hydrogen) atoms. The van der Waals surface area contributed by atoms with Crippen molar-refractivity contribution in [2.45, 2.75) is 0 Å². The third-order valence-corrected chi connectivity index (χ3v) is 2.56. The van der Waals surface area contributed by atoms with Gasteiger partial charge in [0.1, 0.15) is 6.54 Å². The summed E-state index contributed by atoms with van der Waals surface area (Å²) in [5.74, 6) is -1.05. The Morgan fingerprint density at radius 3 is 2.50 bits per heavy atom. The highest BCUT2D eigenvalue weighted by Gasteiger charge is 2.20. The standard InChI is InChI=1S/C12H14N2O6/c1-13(7-11(15)20-3)12(16)8-4-5-9(14(17)18)10(6-8)19-2/h4-6H,7H2,1-3H3. The average molecular weight is 282 g/mol. The highest BCUT2D eigenvalue weighted by molar-refractivity contribution is 5.96. The smallest absolute Gasteiger partial charge is 0.325 e. The Hall–Kier alpha value is -2.64. The van der Waals surface area contributed by atoms with Crippen molar-refractivity contribution in [2.75, 3.05) is 27.8 Å². The predicted octanol–water partition coefficient (Wildman–Crippen LogP) is 0.848. The second-order valence-electron chi connectivity index (χ2n) is 3.88. The number of nitrogens with zero attached hydrogens (tertiary/aromatic N) is 2. The first-order valence-electron chi connectivity index (χ1n) is 5.55. The Labute approximate surface area is 115 Å². The molecule has 0 spiro atoms. The molecule has 1 rings (SSSR count). The fraction of sp³-hybridized carbons (Fsp3) is 0.333. The van der Waals surface area contributed by atoms with E-state index in [1.54, 1.807) is 0 Å². The Bertz CT molecular complexity index is 543. The fourth-order valence-electron chi connectivity index (χ4n) is 1.51. The fourth-order valence-corrected chi connectivity index (χ4v) is 1.51. The number of ether oxygens (including phenoxy) is 2. The molecule has 8 nitrogen and oxygen atoms in total. The molecule has 0 bridgehead atoms. The average Bonchev–Trinajstić information content (AvgIpc) is 2.45. The van der Waals surface area contributed by atoms with E-state index in [0.29, 0.717) is 0 Å². The Morgan fingerprint density at radius 1 is 1.35 bits per heavy atom. The summed E-state index contributed by atoms with van der Waals surface area (Å²) in [4.78, 5) is 34.4. The van der Waals surface area contributed by atoms with E-state index in [9.17, 15) is 19.7 Å². The van der Waals surface area contributed by atoms with Gasteiger partial charge in [-0.15, -0.1) is 0 Å². The van der Waals surface area contributed by atoms with Crippen LogP contribution in [0.1, 0.15) is 10.4 Å². The van der Waals surface area contributed by atoms with E-state index in [0.717, 1.165) is 4.90 Å². The van der Waals surface area contributed by atoms with Crippen molar-refractivity contribution in [3.63, 3.8) is 0 Å². The number of nitro groups is 1. The lowest BCUT2D eigenvalue weighted by molar-refractivity contribution is -0.385. The number of likely N-dealkylation sites (N-methyl/N-ethyl adjacent to an activating group) is 1. The van der Waals surface area contributed by atoms with Crippen molar-refractivity contribution in [3.05, 3.63) is 33.9 Å². The highest BCUT2D eigenvalue weighted by atomic mass is 16.6. The van der Waals surface area contributed by atoms with Gasteiger partial charge in [0, 0.05) is 24.7 Å². The van der Waals surface area contributed by atoms with Gasteiger partial charge in [-0.05, 0) is 6.07 Å². The van der Waals surface area contributed by atoms with Gasteiger partial charge in [0.25, 0.3) is 5.91 Å². The normalized spacial score (nSPS) is 9.75. The largest absolute Gasteiger partial charge is 0.490 e. The number of amides is 1. The SMILES string of the molecule is COC(=O)CN(C)C(=O)c1ccc([N+](=O)[O-])c(OC)c1. The Kier molecular flexibility index (Phi) is 5.01.